The van der Waals surface area contributed by atoms with Crippen molar-refractivity contribution in [2.24, 2.45) is 0 Å². The van der Waals surface area contributed by atoms with Crippen LogP contribution in [0, 0.1) is 0 Å². The molecule has 0 radical (unpaired) electrons. The van der Waals surface area contributed by atoms with E-state index < -0.39 is 5.60 Å². The first-order valence-electron chi connectivity index (χ1n) is 8.67. The van der Waals surface area contributed by atoms with Crippen molar-refractivity contribution >= 4 is 5.97 Å². The third-order valence-corrected chi connectivity index (χ3v) is 4.49. The highest BCUT2D eigenvalue weighted by molar-refractivity contribution is 5.82. The summed E-state index contributed by atoms with van der Waals surface area (Å²) in [6.45, 7) is 6.61. The monoisotopic (exact) mass is 313 g/mol. The summed E-state index contributed by atoms with van der Waals surface area (Å²) in [4.78, 5) is 14.9. The van der Waals surface area contributed by atoms with E-state index in [1.165, 1.54) is 24.0 Å². The van der Waals surface area contributed by atoms with E-state index in [0.29, 0.717) is 0 Å². The Bertz CT molecular complexity index is 585. The van der Waals surface area contributed by atoms with Crippen molar-refractivity contribution in [3.63, 3.8) is 0 Å². The molecule has 0 saturated carbocycles. The van der Waals surface area contributed by atoms with Crippen LogP contribution in [-0.2, 0) is 16.1 Å². The SMILES string of the molecule is CC(C)(C)OC(=O)[C@H]1[C@@H](C2=CCCCC2)N1Cc1ccccc1. The van der Waals surface area contributed by atoms with Gasteiger partial charge in [-0.3, -0.25) is 9.69 Å². The van der Waals surface area contributed by atoms with E-state index in [9.17, 15) is 4.79 Å². The molecule has 1 fully saturated rings. The summed E-state index contributed by atoms with van der Waals surface area (Å²) in [6.07, 6.45) is 7.12. The number of carbonyl (C=O) groups is 1. The molecule has 124 valence electrons. The summed E-state index contributed by atoms with van der Waals surface area (Å²) in [5, 5.41) is 0. The Kier molecular flexibility index (Phi) is 4.58. The molecule has 3 atom stereocenters. The number of benzene rings is 1. The average Bonchev–Trinajstić information content (AvgIpc) is 3.21. The van der Waals surface area contributed by atoms with Crippen molar-refractivity contribution in [3.05, 3.63) is 47.5 Å². The first-order valence-corrected chi connectivity index (χ1v) is 8.67. The largest absolute Gasteiger partial charge is 0.459 e. The molecule has 23 heavy (non-hydrogen) atoms. The lowest BCUT2D eigenvalue weighted by Gasteiger charge is -2.19. The molecule has 0 aromatic heterocycles. The van der Waals surface area contributed by atoms with Gasteiger partial charge in [-0.05, 0) is 52.0 Å². The highest BCUT2D eigenvalue weighted by Gasteiger charge is 2.55. The van der Waals surface area contributed by atoms with Crippen LogP contribution < -0.4 is 0 Å². The molecule has 1 saturated heterocycles. The molecule has 1 aliphatic heterocycles. The fourth-order valence-electron chi connectivity index (χ4n) is 3.44. The zero-order chi connectivity index (χ0) is 16.4. The van der Waals surface area contributed by atoms with Crippen LogP contribution in [0.2, 0.25) is 0 Å². The van der Waals surface area contributed by atoms with Crippen LogP contribution in [0.3, 0.4) is 0 Å². The van der Waals surface area contributed by atoms with Crippen LogP contribution in [0.25, 0.3) is 0 Å². The molecule has 3 rings (SSSR count). The van der Waals surface area contributed by atoms with Crippen molar-refractivity contribution in [2.45, 2.75) is 70.7 Å². The first-order chi connectivity index (χ1) is 11.0. The van der Waals surface area contributed by atoms with Gasteiger partial charge in [0.2, 0.25) is 0 Å². The molecular weight excluding hydrogens is 286 g/mol. The number of allylic oxidation sites excluding steroid dienone is 1. The van der Waals surface area contributed by atoms with E-state index >= 15 is 0 Å². The Hall–Kier alpha value is -1.61. The van der Waals surface area contributed by atoms with Gasteiger partial charge in [0.1, 0.15) is 11.6 Å². The predicted molar refractivity (Wildman–Crippen MR) is 92.0 cm³/mol. The van der Waals surface area contributed by atoms with Gasteiger partial charge < -0.3 is 4.74 Å². The van der Waals surface area contributed by atoms with Gasteiger partial charge in [-0.1, -0.05) is 42.0 Å². The third kappa shape index (κ3) is 4.03. The van der Waals surface area contributed by atoms with Gasteiger partial charge in [-0.2, -0.15) is 0 Å². The summed E-state index contributed by atoms with van der Waals surface area (Å²) in [6, 6.07) is 10.5. The summed E-state index contributed by atoms with van der Waals surface area (Å²) in [5.41, 5.74) is 2.26. The Morgan fingerprint density at radius 3 is 2.57 bits per heavy atom. The lowest BCUT2D eigenvalue weighted by Crippen LogP contribution is -2.28. The minimum atomic E-state index is -0.427. The van der Waals surface area contributed by atoms with Crippen LogP contribution in [0.15, 0.2) is 42.0 Å². The first kappa shape index (κ1) is 16.3. The van der Waals surface area contributed by atoms with E-state index in [0.717, 1.165) is 19.4 Å². The molecule has 3 nitrogen and oxygen atoms in total. The van der Waals surface area contributed by atoms with E-state index in [-0.39, 0.29) is 18.1 Å². The molecule has 1 heterocycles. The second-order valence-electron chi connectivity index (χ2n) is 7.61. The fraction of sp³-hybridized carbons (Fsp3) is 0.550. The average molecular weight is 313 g/mol. The third-order valence-electron chi connectivity index (χ3n) is 4.49. The lowest BCUT2D eigenvalue weighted by atomic mass is 9.96. The summed E-state index contributed by atoms with van der Waals surface area (Å²) >= 11 is 0. The van der Waals surface area contributed by atoms with E-state index in [2.05, 4.69) is 35.2 Å². The van der Waals surface area contributed by atoms with Gasteiger partial charge >= 0.3 is 5.97 Å². The number of hydrogen-bond acceptors (Lipinski definition) is 3. The molecule has 1 unspecified atom stereocenters. The maximum Gasteiger partial charge on any atom is 0.325 e. The quantitative estimate of drug-likeness (QED) is 0.476. The van der Waals surface area contributed by atoms with Crippen molar-refractivity contribution in [3.8, 4) is 0 Å². The Morgan fingerprint density at radius 2 is 1.96 bits per heavy atom. The zero-order valence-corrected chi connectivity index (χ0v) is 14.4. The Labute approximate surface area is 139 Å². The van der Waals surface area contributed by atoms with Gasteiger partial charge in [-0.25, -0.2) is 0 Å². The van der Waals surface area contributed by atoms with Crippen molar-refractivity contribution < 1.29 is 9.53 Å². The van der Waals surface area contributed by atoms with Gasteiger partial charge in [0.25, 0.3) is 0 Å². The molecular formula is C20H27NO2. The molecule has 1 aromatic carbocycles. The van der Waals surface area contributed by atoms with Crippen LogP contribution in [0.1, 0.15) is 52.0 Å². The highest BCUT2D eigenvalue weighted by Crippen LogP contribution is 2.41. The maximum absolute atomic E-state index is 12.6. The molecule has 0 amide bonds. The van der Waals surface area contributed by atoms with Crippen LogP contribution in [-0.4, -0.2) is 28.6 Å². The second-order valence-corrected chi connectivity index (χ2v) is 7.61. The molecule has 0 spiro atoms. The topological polar surface area (TPSA) is 29.3 Å². The van der Waals surface area contributed by atoms with Crippen molar-refractivity contribution in [2.75, 3.05) is 0 Å². The van der Waals surface area contributed by atoms with Gasteiger partial charge in [0, 0.05) is 6.54 Å². The zero-order valence-electron chi connectivity index (χ0n) is 14.4. The van der Waals surface area contributed by atoms with Gasteiger partial charge in [0.05, 0.1) is 6.04 Å². The van der Waals surface area contributed by atoms with Crippen molar-refractivity contribution in [1.82, 2.24) is 4.90 Å². The number of nitrogens with zero attached hydrogens (tertiary/aromatic N) is 1. The number of ether oxygens (including phenoxy) is 1. The molecule has 2 aliphatic rings. The minimum absolute atomic E-state index is 0.0788. The lowest BCUT2D eigenvalue weighted by molar-refractivity contribution is -0.155. The Balaban J connectivity index is 1.74. The van der Waals surface area contributed by atoms with Crippen molar-refractivity contribution in [1.29, 1.82) is 0 Å². The van der Waals surface area contributed by atoms with E-state index in [4.69, 9.17) is 4.74 Å². The number of esters is 1. The van der Waals surface area contributed by atoms with Gasteiger partial charge in [-0.15, -0.1) is 0 Å². The van der Waals surface area contributed by atoms with E-state index in [1.807, 2.05) is 26.8 Å². The fourth-order valence-corrected chi connectivity index (χ4v) is 3.44. The molecule has 1 aliphatic carbocycles. The normalized spacial score (nSPS) is 27.3. The number of hydrogen-bond donors (Lipinski definition) is 0. The van der Waals surface area contributed by atoms with Crippen LogP contribution >= 0.6 is 0 Å². The summed E-state index contributed by atoms with van der Waals surface area (Å²) in [7, 11) is 0. The number of carbonyl (C=O) groups excluding carboxylic acids is 1. The summed E-state index contributed by atoms with van der Waals surface area (Å²) < 4.78 is 5.64. The van der Waals surface area contributed by atoms with E-state index in [1.54, 1.807) is 0 Å². The van der Waals surface area contributed by atoms with Gasteiger partial charge in [0.15, 0.2) is 0 Å². The predicted octanol–water partition coefficient (Wildman–Crippen LogP) is 4.08. The molecule has 1 aromatic rings. The number of rotatable bonds is 4. The smallest absolute Gasteiger partial charge is 0.325 e. The standard InChI is InChI=1S/C20H27NO2/c1-20(2,3)23-19(22)18-17(16-12-8-5-9-13-16)21(18)14-15-10-6-4-7-11-15/h4,6-7,10-12,17-18H,5,8-9,13-14H2,1-3H3/t17-,18-,21?/m1/s1. The summed E-state index contributed by atoms with van der Waals surface area (Å²) in [5.74, 6) is -0.0788. The highest BCUT2D eigenvalue weighted by atomic mass is 16.6. The molecule has 3 heteroatoms. The maximum atomic E-state index is 12.6. The second kappa shape index (κ2) is 6.48. The van der Waals surface area contributed by atoms with Crippen LogP contribution in [0.4, 0.5) is 0 Å². The molecule has 0 N–H and O–H groups in total. The minimum Gasteiger partial charge on any atom is -0.459 e. The molecule has 0 bridgehead atoms. The Morgan fingerprint density at radius 1 is 1.22 bits per heavy atom. The van der Waals surface area contributed by atoms with Crippen LogP contribution in [0.5, 0.6) is 0 Å².